The Morgan fingerprint density at radius 1 is 1.08 bits per heavy atom. The summed E-state index contributed by atoms with van der Waals surface area (Å²) in [7, 11) is 0. The summed E-state index contributed by atoms with van der Waals surface area (Å²) in [5, 5.41) is 16.4. The quantitative estimate of drug-likeness (QED) is 0.436. The van der Waals surface area contributed by atoms with Gasteiger partial charge in [0, 0.05) is 5.56 Å². The molecule has 1 amide bonds. The lowest BCUT2D eigenvalue weighted by Gasteiger charge is -2.07. The number of nitrogens with one attached hydrogen (secondary N) is 1. The smallest absolute Gasteiger partial charge is 0.239 e. The van der Waals surface area contributed by atoms with Crippen molar-refractivity contribution in [1.82, 2.24) is 5.32 Å². The number of nitrogens with zero attached hydrogens (tertiary/aromatic N) is 2. The van der Waals surface area contributed by atoms with Gasteiger partial charge in [0.1, 0.15) is 0 Å². The van der Waals surface area contributed by atoms with E-state index in [-0.39, 0.29) is 11.2 Å². The highest BCUT2D eigenvalue weighted by atomic mass is 32.2. The average Bonchev–Trinajstić information content (AvgIpc) is 3.01. The van der Waals surface area contributed by atoms with E-state index in [9.17, 15) is 4.79 Å². The van der Waals surface area contributed by atoms with Gasteiger partial charge in [0.25, 0.3) is 0 Å². The van der Waals surface area contributed by atoms with Crippen molar-refractivity contribution in [3.63, 3.8) is 0 Å². The Morgan fingerprint density at radius 3 is 2.32 bits per heavy atom. The zero-order valence-corrected chi connectivity index (χ0v) is 14.6. The van der Waals surface area contributed by atoms with E-state index in [2.05, 4.69) is 45.9 Å². The predicted molar refractivity (Wildman–Crippen MR) is 106 cm³/mol. The molecular formula is C20H17N3OS. The number of hydrogen-bond donors (Lipinski definition) is 1. The van der Waals surface area contributed by atoms with Crippen LogP contribution in [0.3, 0.4) is 0 Å². The van der Waals surface area contributed by atoms with Crippen molar-refractivity contribution in [2.75, 3.05) is 0 Å². The van der Waals surface area contributed by atoms with Gasteiger partial charge in [-0.25, -0.2) is 0 Å². The van der Waals surface area contributed by atoms with Gasteiger partial charge in [-0.15, -0.1) is 5.10 Å². The summed E-state index contributed by atoms with van der Waals surface area (Å²) in [4.78, 5) is 11.7. The van der Waals surface area contributed by atoms with Crippen LogP contribution in [-0.2, 0) is 4.79 Å². The summed E-state index contributed by atoms with van der Waals surface area (Å²) in [6.45, 7) is 1.99. The number of carbonyl (C=O) groups excluding carboxylic acids is 1. The number of hydrogen-bond acceptors (Lipinski definition) is 4. The Kier molecular flexibility index (Phi) is 4.24. The second kappa shape index (κ2) is 6.69. The SMILES string of the molecule is CC[C@@H]1S/C(=N\N=C/c2c3ccccc3cc3ccccc23)NC1=O. The normalized spacial score (nSPS) is 19.3. The Labute approximate surface area is 150 Å². The molecule has 3 aromatic rings. The molecular weight excluding hydrogens is 330 g/mol. The van der Waals surface area contributed by atoms with E-state index in [1.54, 1.807) is 6.21 Å². The third-order valence-electron chi connectivity index (χ3n) is 4.30. The van der Waals surface area contributed by atoms with Crippen LogP contribution < -0.4 is 5.32 Å². The van der Waals surface area contributed by atoms with E-state index in [4.69, 9.17) is 0 Å². The van der Waals surface area contributed by atoms with Crippen molar-refractivity contribution in [2.45, 2.75) is 18.6 Å². The molecule has 124 valence electrons. The van der Waals surface area contributed by atoms with Crippen LogP contribution in [0.4, 0.5) is 0 Å². The maximum Gasteiger partial charge on any atom is 0.239 e. The third kappa shape index (κ3) is 3.03. The van der Waals surface area contributed by atoms with Gasteiger partial charge in [-0.1, -0.05) is 67.2 Å². The molecule has 5 heteroatoms. The molecule has 1 fully saturated rings. The number of fused-ring (bicyclic) bond motifs is 2. The molecule has 0 unspecified atom stereocenters. The predicted octanol–water partition coefficient (Wildman–Crippen LogP) is 4.32. The summed E-state index contributed by atoms with van der Waals surface area (Å²) >= 11 is 1.44. The molecule has 4 rings (SSSR count). The van der Waals surface area contributed by atoms with Gasteiger partial charge < -0.3 is 5.32 Å². The number of benzene rings is 3. The standard InChI is InChI=1S/C20H17N3OS/c1-2-18-19(24)22-20(25-18)23-21-12-17-15-9-5-3-7-13(15)11-14-8-4-6-10-16(14)17/h3-12,18H,2H2,1H3,(H,22,23,24)/b21-12-/t18-/m0/s1. The zero-order valence-electron chi connectivity index (χ0n) is 13.8. The second-order valence-electron chi connectivity index (χ2n) is 5.89. The Morgan fingerprint density at radius 2 is 1.72 bits per heavy atom. The minimum atomic E-state index is -0.0627. The summed E-state index contributed by atoms with van der Waals surface area (Å²) in [6, 6.07) is 18.7. The minimum Gasteiger partial charge on any atom is -0.303 e. The topological polar surface area (TPSA) is 53.8 Å². The molecule has 1 aliphatic heterocycles. The maximum absolute atomic E-state index is 11.7. The molecule has 4 nitrogen and oxygen atoms in total. The average molecular weight is 347 g/mol. The zero-order chi connectivity index (χ0) is 17.2. The summed E-state index contributed by atoms with van der Waals surface area (Å²) in [5.74, 6) is 0.0112. The van der Waals surface area contributed by atoms with Crippen LogP contribution in [0.5, 0.6) is 0 Å². The lowest BCUT2D eigenvalue weighted by Crippen LogP contribution is -2.24. The van der Waals surface area contributed by atoms with Crippen LogP contribution in [0, 0.1) is 0 Å². The van der Waals surface area contributed by atoms with E-state index in [1.165, 1.54) is 22.5 Å². The van der Waals surface area contributed by atoms with Gasteiger partial charge in [0.2, 0.25) is 5.91 Å². The monoisotopic (exact) mass is 347 g/mol. The van der Waals surface area contributed by atoms with Crippen LogP contribution in [-0.4, -0.2) is 22.5 Å². The molecule has 1 heterocycles. The maximum atomic E-state index is 11.7. The van der Waals surface area contributed by atoms with E-state index in [0.717, 1.165) is 22.8 Å². The number of carbonyl (C=O) groups is 1. The van der Waals surface area contributed by atoms with Crippen molar-refractivity contribution < 1.29 is 4.79 Å². The number of amides is 1. The fraction of sp³-hybridized carbons (Fsp3) is 0.150. The fourth-order valence-electron chi connectivity index (χ4n) is 3.05. The Hall–Kier alpha value is -2.66. The second-order valence-corrected chi connectivity index (χ2v) is 7.08. The van der Waals surface area contributed by atoms with Gasteiger partial charge in [0.15, 0.2) is 5.17 Å². The highest BCUT2D eigenvalue weighted by Gasteiger charge is 2.28. The summed E-state index contributed by atoms with van der Waals surface area (Å²) < 4.78 is 0. The minimum absolute atomic E-state index is 0.0112. The molecule has 1 saturated heterocycles. The van der Waals surface area contributed by atoms with Gasteiger partial charge in [-0.05, 0) is 34.0 Å². The van der Waals surface area contributed by atoms with Crippen LogP contribution in [0.25, 0.3) is 21.5 Å². The van der Waals surface area contributed by atoms with Gasteiger partial charge in [-0.3, -0.25) is 4.79 Å². The third-order valence-corrected chi connectivity index (χ3v) is 5.53. The van der Waals surface area contributed by atoms with Crippen LogP contribution >= 0.6 is 11.8 Å². The first kappa shape index (κ1) is 15.8. The molecule has 0 saturated carbocycles. The number of amidine groups is 1. The Balaban J connectivity index is 1.76. The first-order valence-corrected chi connectivity index (χ1v) is 9.13. The van der Waals surface area contributed by atoms with Crippen molar-refractivity contribution >= 4 is 50.6 Å². The molecule has 3 aromatic carbocycles. The van der Waals surface area contributed by atoms with E-state index >= 15 is 0 Å². The Bertz CT molecular complexity index is 972. The molecule has 0 bridgehead atoms. The molecule has 0 radical (unpaired) electrons. The first-order valence-electron chi connectivity index (χ1n) is 8.25. The molecule has 0 spiro atoms. The van der Waals surface area contributed by atoms with Crippen molar-refractivity contribution in [1.29, 1.82) is 0 Å². The highest BCUT2D eigenvalue weighted by molar-refractivity contribution is 8.15. The molecule has 0 aromatic heterocycles. The fourth-order valence-corrected chi connectivity index (χ4v) is 3.90. The molecule has 1 aliphatic rings. The van der Waals surface area contributed by atoms with E-state index in [1.807, 2.05) is 31.2 Å². The lowest BCUT2D eigenvalue weighted by molar-refractivity contribution is -0.118. The first-order chi connectivity index (χ1) is 12.3. The lowest BCUT2D eigenvalue weighted by atomic mass is 9.97. The number of thioether (sulfide) groups is 1. The van der Waals surface area contributed by atoms with Crippen molar-refractivity contribution in [3.05, 3.63) is 60.2 Å². The van der Waals surface area contributed by atoms with E-state index in [0.29, 0.717) is 5.17 Å². The van der Waals surface area contributed by atoms with Crippen LogP contribution in [0.2, 0.25) is 0 Å². The van der Waals surface area contributed by atoms with Gasteiger partial charge in [0.05, 0.1) is 11.5 Å². The van der Waals surface area contributed by atoms with Gasteiger partial charge in [-0.2, -0.15) is 5.10 Å². The van der Waals surface area contributed by atoms with E-state index < -0.39 is 0 Å². The number of rotatable bonds is 3. The van der Waals surface area contributed by atoms with Crippen LogP contribution in [0.15, 0.2) is 64.8 Å². The summed E-state index contributed by atoms with van der Waals surface area (Å²) in [5.41, 5.74) is 1.04. The van der Waals surface area contributed by atoms with Crippen molar-refractivity contribution in [2.24, 2.45) is 10.2 Å². The van der Waals surface area contributed by atoms with Crippen molar-refractivity contribution in [3.8, 4) is 0 Å². The summed E-state index contributed by atoms with van der Waals surface area (Å²) in [6.07, 6.45) is 2.57. The molecule has 25 heavy (non-hydrogen) atoms. The molecule has 1 N–H and O–H groups in total. The molecule has 0 aliphatic carbocycles. The highest BCUT2D eigenvalue weighted by Crippen LogP contribution is 2.27. The largest absolute Gasteiger partial charge is 0.303 e. The van der Waals surface area contributed by atoms with Crippen LogP contribution in [0.1, 0.15) is 18.9 Å². The molecule has 1 atom stereocenters. The van der Waals surface area contributed by atoms with Gasteiger partial charge >= 0.3 is 0 Å².